The van der Waals surface area contributed by atoms with Gasteiger partial charge in [-0.05, 0) is 144 Å². The Morgan fingerprint density at radius 1 is 0.466 bits per heavy atom. The Morgan fingerprint density at radius 3 is 1.36 bits per heavy atom. The van der Waals surface area contributed by atoms with Crippen molar-refractivity contribution < 1.29 is 19.5 Å². The van der Waals surface area contributed by atoms with Crippen LogP contribution in [0.3, 0.4) is 0 Å². The van der Waals surface area contributed by atoms with Crippen LogP contribution in [0.4, 0.5) is 0 Å². The molecule has 73 heavy (non-hydrogen) atoms. The van der Waals surface area contributed by atoms with Crippen LogP contribution in [0.15, 0.2) is 181 Å². The lowest BCUT2D eigenvalue weighted by Crippen LogP contribution is -2.34. The molecule has 10 rings (SSSR count). The van der Waals surface area contributed by atoms with Crippen molar-refractivity contribution in [1.29, 1.82) is 0 Å². The predicted molar refractivity (Wildman–Crippen MR) is 313 cm³/mol. The van der Waals surface area contributed by atoms with Crippen molar-refractivity contribution in [3.8, 4) is 56.3 Å². The zero-order valence-corrected chi connectivity index (χ0v) is 46.0. The smallest absolute Gasteiger partial charge is 0.488 e. The third-order valence-electron chi connectivity index (χ3n) is 14.0. The highest BCUT2D eigenvalue weighted by Crippen LogP contribution is 2.57. The summed E-state index contributed by atoms with van der Waals surface area (Å²) >= 11 is 3.36. The molecule has 2 aliphatic rings. The van der Waals surface area contributed by atoms with Crippen LogP contribution in [-0.2, 0) is 0 Å². The minimum Gasteiger partial charge on any atom is -0.496 e. The second-order valence-electron chi connectivity index (χ2n) is 19.0. The van der Waals surface area contributed by atoms with Crippen molar-refractivity contribution in [2.75, 3.05) is 14.2 Å². The topological polar surface area (TPSA) is 84.7 Å². The zero-order chi connectivity index (χ0) is 51.5. The van der Waals surface area contributed by atoms with Crippen LogP contribution in [0.1, 0.15) is 86.5 Å². The fourth-order valence-electron chi connectivity index (χ4n) is 10.4. The molecule has 376 valence electrons. The van der Waals surface area contributed by atoms with Gasteiger partial charge in [0, 0.05) is 33.6 Å². The molecule has 6 nitrogen and oxygen atoms in total. The van der Waals surface area contributed by atoms with E-state index in [2.05, 4.69) is 131 Å². The number of ether oxygens (including phenoxy) is 2. The van der Waals surface area contributed by atoms with Crippen LogP contribution in [0, 0.1) is 27.7 Å². The van der Waals surface area contributed by atoms with Crippen molar-refractivity contribution in [2.24, 2.45) is 0 Å². The van der Waals surface area contributed by atoms with Gasteiger partial charge in [-0.2, -0.15) is 0 Å². The molecule has 0 saturated heterocycles. The molecule has 0 unspecified atom stereocenters. The minimum absolute atomic E-state index is 0.182. The Morgan fingerprint density at radius 2 is 0.918 bits per heavy atom. The Labute approximate surface area is 445 Å². The summed E-state index contributed by atoms with van der Waals surface area (Å²) in [5, 5.41) is 19.5. The van der Waals surface area contributed by atoms with Crippen LogP contribution in [0.2, 0.25) is 0 Å². The first-order valence-electron chi connectivity index (χ1n) is 25.8. The first kappa shape index (κ1) is 54.9. The van der Waals surface area contributed by atoms with Gasteiger partial charge in [0.2, 0.25) is 0 Å². The predicted octanol–water partition coefficient (Wildman–Crippen LogP) is 15.7. The molecular formula is C64H71BBrN2O4P. The molecule has 2 aromatic heterocycles. The van der Waals surface area contributed by atoms with Gasteiger partial charge in [0.15, 0.2) is 0 Å². The lowest BCUT2D eigenvalue weighted by atomic mass is 9.74. The maximum absolute atomic E-state index is 8.94. The molecule has 0 aliphatic heterocycles. The normalized spacial score (nSPS) is 13.6. The standard InChI is InChI=1S/C26H35O2P.C19H17N.C11H8BrN.C8H11BO2/c1-27-23-17-11-18-24(28-2)26(23)22-16-9-10-19-25(22)29(20-12-5-3-6-13-20)21-14-7-4-8-15-21;1-14-7-6-8-15(2)19(14)17-11-12-18(20-13-17)16-9-4-3-5-10-16;12-10-6-7-11(13-8-10)9-4-2-1-3-5-9;1-6-4-3-5-7(2)8(6)9(10)11/h9-11,16-21H,3-8,12-15H2,1-2H3;3-13H,1-2H3;1-8H;3-5,10-11H,1-2H3. The SMILES string of the molecule is Brc1ccc(-c2ccccc2)nc1.COc1cccc(OC)c1-c1ccccc1P(C1CCCCC1)C1CCCCC1.Cc1cccc(C)c1-c1ccc(-c2ccccc2)nc1.Cc1cccc(C)c1B(O)O. The van der Waals surface area contributed by atoms with Gasteiger partial charge in [0.25, 0.3) is 0 Å². The first-order chi connectivity index (χ1) is 35.6. The van der Waals surface area contributed by atoms with Gasteiger partial charge in [0.1, 0.15) is 11.5 Å². The van der Waals surface area contributed by atoms with Crippen molar-refractivity contribution in [1.82, 2.24) is 9.97 Å². The van der Waals surface area contributed by atoms with E-state index in [0.717, 1.165) is 66.5 Å². The number of hydrogen-bond acceptors (Lipinski definition) is 6. The van der Waals surface area contributed by atoms with Crippen LogP contribution in [-0.4, -0.2) is 52.7 Å². The van der Waals surface area contributed by atoms with E-state index >= 15 is 0 Å². The fourth-order valence-corrected chi connectivity index (χ4v) is 14.6. The van der Waals surface area contributed by atoms with E-state index in [9.17, 15) is 0 Å². The Hall–Kier alpha value is -5.89. The molecule has 0 spiro atoms. The van der Waals surface area contributed by atoms with Gasteiger partial charge in [-0.3, -0.25) is 9.97 Å². The second kappa shape index (κ2) is 28.0. The van der Waals surface area contributed by atoms with E-state index in [1.54, 1.807) is 19.5 Å². The van der Waals surface area contributed by atoms with E-state index in [1.807, 2.05) is 99.0 Å². The molecule has 0 atom stereocenters. The molecular weight excluding hydrogens is 982 g/mol. The first-order valence-corrected chi connectivity index (χ1v) is 28.1. The molecule has 9 heteroatoms. The third kappa shape index (κ3) is 14.9. The number of aryl methyl sites for hydroxylation is 4. The summed E-state index contributed by atoms with van der Waals surface area (Å²) < 4.78 is 12.6. The number of methoxy groups -OCH3 is 2. The fraction of sp³-hybridized carbons (Fsp3) is 0.281. The average Bonchev–Trinajstić information content (AvgIpc) is 3.43. The van der Waals surface area contributed by atoms with E-state index in [1.165, 1.54) is 92.0 Å². The van der Waals surface area contributed by atoms with Crippen LogP contribution in [0.25, 0.3) is 44.8 Å². The quantitative estimate of drug-likeness (QED) is 0.105. The van der Waals surface area contributed by atoms with Gasteiger partial charge in [-0.15, -0.1) is 0 Å². The lowest BCUT2D eigenvalue weighted by molar-refractivity contribution is 0.397. The van der Waals surface area contributed by atoms with E-state index < -0.39 is 7.12 Å². The number of aromatic nitrogens is 2. The molecule has 0 amide bonds. The zero-order valence-electron chi connectivity index (χ0n) is 43.5. The van der Waals surface area contributed by atoms with Gasteiger partial charge >= 0.3 is 7.12 Å². The summed E-state index contributed by atoms with van der Waals surface area (Å²) in [7, 11) is 2.01. The molecule has 0 bridgehead atoms. The van der Waals surface area contributed by atoms with Crippen molar-refractivity contribution in [2.45, 2.75) is 103 Å². The van der Waals surface area contributed by atoms with Crippen LogP contribution < -0.4 is 20.2 Å². The highest BCUT2D eigenvalue weighted by Gasteiger charge is 2.34. The number of rotatable bonds is 10. The molecule has 2 heterocycles. The second-order valence-corrected chi connectivity index (χ2v) is 22.7. The molecule has 2 N–H and O–H groups in total. The highest BCUT2D eigenvalue weighted by molar-refractivity contribution is 9.10. The number of benzene rings is 6. The molecule has 0 radical (unpaired) electrons. The number of nitrogens with zero attached hydrogens (tertiary/aromatic N) is 2. The number of halogens is 1. The van der Waals surface area contributed by atoms with Crippen LogP contribution >= 0.6 is 23.9 Å². The van der Waals surface area contributed by atoms with Gasteiger partial charge in [-0.1, -0.05) is 191 Å². The molecule has 2 saturated carbocycles. The summed E-state index contributed by atoms with van der Waals surface area (Å²) in [6.07, 6.45) is 17.9. The summed E-state index contributed by atoms with van der Waals surface area (Å²) in [4.78, 5) is 8.91. The maximum atomic E-state index is 8.94. The Balaban J connectivity index is 0.000000153. The highest BCUT2D eigenvalue weighted by atomic mass is 79.9. The maximum Gasteiger partial charge on any atom is 0.488 e. The number of hydrogen-bond donors (Lipinski definition) is 2. The van der Waals surface area contributed by atoms with E-state index in [0.29, 0.717) is 5.46 Å². The molecule has 2 aliphatic carbocycles. The molecule has 2 fully saturated rings. The summed E-state index contributed by atoms with van der Waals surface area (Å²) in [6, 6.07) is 56.0. The minimum atomic E-state index is -1.35. The van der Waals surface area contributed by atoms with Gasteiger partial charge in [-0.25, -0.2) is 0 Å². The van der Waals surface area contributed by atoms with Crippen molar-refractivity contribution >= 4 is 41.7 Å². The lowest BCUT2D eigenvalue weighted by Gasteiger charge is -2.39. The Bertz CT molecular complexity index is 2850. The van der Waals surface area contributed by atoms with Crippen molar-refractivity contribution in [3.63, 3.8) is 0 Å². The Kier molecular flexibility index (Phi) is 21.0. The molecule has 8 aromatic rings. The largest absolute Gasteiger partial charge is 0.496 e. The van der Waals surface area contributed by atoms with Gasteiger partial charge in [0.05, 0.1) is 31.2 Å². The average molecular weight is 1050 g/mol. The number of pyridine rings is 2. The van der Waals surface area contributed by atoms with Gasteiger partial charge < -0.3 is 19.5 Å². The van der Waals surface area contributed by atoms with E-state index in [4.69, 9.17) is 19.5 Å². The summed E-state index contributed by atoms with van der Waals surface area (Å²) in [5.41, 5.74) is 16.1. The van der Waals surface area contributed by atoms with Crippen molar-refractivity contribution in [3.05, 3.63) is 203 Å². The monoisotopic (exact) mass is 1050 g/mol. The summed E-state index contributed by atoms with van der Waals surface area (Å²) in [5.74, 6) is 1.83. The molecule has 6 aromatic carbocycles. The third-order valence-corrected chi connectivity index (χ3v) is 18.0. The van der Waals surface area contributed by atoms with Crippen LogP contribution in [0.5, 0.6) is 11.5 Å². The summed E-state index contributed by atoms with van der Waals surface area (Å²) in [6.45, 7) is 8.02. The van der Waals surface area contributed by atoms with E-state index in [-0.39, 0.29) is 7.92 Å².